The molecule has 1 N–H and O–H groups in total. The lowest BCUT2D eigenvalue weighted by atomic mass is 10.1. The zero-order chi connectivity index (χ0) is 12.3. The summed E-state index contributed by atoms with van der Waals surface area (Å²) in [5, 5.41) is 8.79. The summed E-state index contributed by atoms with van der Waals surface area (Å²) < 4.78 is 17.3. The standard InChI is InChI=1S/C12H20O4S/c13-12(14)11-6-5-10(16-11)8-17(15)7-9-3-1-2-4-9/h9-11H,1-8H2,(H,13,14). The Morgan fingerprint density at radius 2 is 1.88 bits per heavy atom. The van der Waals surface area contributed by atoms with E-state index >= 15 is 0 Å². The summed E-state index contributed by atoms with van der Waals surface area (Å²) in [4.78, 5) is 10.7. The third kappa shape index (κ3) is 3.78. The van der Waals surface area contributed by atoms with Crippen molar-refractivity contribution in [2.24, 2.45) is 5.92 Å². The highest BCUT2D eigenvalue weighted by Crippen LogP contribution is 2.26. The molecule has 4 nitrogen and oxygen atoms in total. The van der Waals surface area contributed by atoms with Crippen molar-refractivity contribution in [1.29, 1.82) is 0 Å². The van der Waals surface area contributed by atoms with Crippen LogP contribution in [0.5, 0.6) is 0 Å². The number of ether oxygens (including phenoxy) is 1. The third-order valence-electron chi connectivity index (χ3n) is 3.65. The molecule has 0 spiro atoms. The Bertz CT molecular complexity index is 299. The van der Waals surface area contributed by atoms with Crippen molar-refractivity contribution in [3.63, 3.8) is 0 Å². The predicted octanol–water partition coefficient (Wildman–Crippen LogP) is 1.56. The van der Waals surface area contributed by atoms with Crippen LogP contribution >= 0.6 is 0 Å². The number of carboxylic acids is 1. The van der Waals surface area contributed by atoms with E-state index in [-0.39, 0.29) is 6.10 Å². The smallest absolute Gasteiger partial charge is 0.332 e. The fourth-order valence-corrected chi connectivity index (χ4v) is 4.38. The second-order valence-electron chi connectivity index (χ2n) is 5.09. The summed E-state index contributed by atoms with van der Waals surface area (Å²) in [5.74, 6) is 1.01. The molecule has 3 atom stereocenters. The molecule has 2 aliphatic rings. The molecule has 0 bridgehead atoms. The van der Waals surface area contributed by atoms with Crippen molar-refractivity contribution >= 4 is 16.8 Å². The molecule has 1 heterocycles. The molecule has 1 aliphatic carbocycles. The molecular weight excluding hydrogens is 240 g/mol. The van der Waals surface area contributed by atoms with E-state index < -0.39 is 22.9 Å². The number of aliphatic carboxylic acids is 1. The quantitative estimate of drug-likeness (QED) is 0.814. The lowest BCUT2D eigenvalue weighted by molar-refractivity contribution is -0.148. The van der Waals surface area contributed by atoms with Crippen LogP contribution in [0.15, 0.2) is 0 Å². The van der Waals surface area contributed by atoms with Crippen molar-refractivity contribution in [3.8, 4) is 0 Å². The number of rotatable bonds is 5. The molecule has 98 valence electrons. The first-order chi connectivity index (χ1) is 8.15. The highest BCUT2D eigenvalue weighted by molar-refractivity contribution is 7.85. The van der Waals surface area contributed by atoms with Gasteiger partial charge in [-0.05, 0) is 31.6 Å². The maximum Gasteiger partial charge on any atom is 0.332 e. The molecule has 0 radical (unpaired) electrons. The summed E-state index contributed by atoms with van der Waals surface area (Å²) >= 11 is 0. The average molecular weight is 260 g/mol. The van der Waals surface area contributed by atoms with E-state index in [0.717, 1.165) is 12.2 Å². The minimum Gasteiger partial charge on any atom is -0.479 e. The van der Waals surface area contributed by atoms with Gasteiger partial charge < -0.3 is 9.84 Å². The Kier molecular flexibility index (Phi) is 4.56. The number of carbonyl (C=O) groups is 1. The third-order valence-corrected chi connectivity index (χ3v) is 5.24. The zero-order valence-corrected chi connectivity index (χ0v) is 10.8. The Hall–Kier alpha value is -0.420. The van der Waals surface area contributed by atoms with Gasteiger partial charge in [-0.3, -0.25) is 4.21 Å². The first-order valence-electron chi connectivity index (χ1n) is 6.38. The minimum absolute atomic E-state index is 0.113. The SMILES string of the molecule is O=C(O)C1CCC(CS(=O)CC2CCCC2)O1. The van der Waals surface area contributed by atoms with Gasteiger partial charge in [0.2, 0.25) is 0 Å². The van der Waals surface area contributed by atoms with E-state index in [9.17, 15) is 9.00 Å². The Labute approximate surface area is 104 Å². The molecule has 0 aromatic heterocycles. The lowest BCUT2D eigenvalue weighted by Crippen LogP contribution is -2.24. The van der Waals surface area contributed by atoms with Gasteiger partial charge in [0, 0.05) is 22.3 Å². The van der Waals surface area contributed by atoms with Crippen molar-refractivity contribution < 1.29 is 18.8 Å². The molecule has 0 aromatic rings. The van der Waals surface area contributed by atoms with Crippen molar-refractivity contribution in [2.45, 2.75) is 50.7 Å². The van der Waals surface area contributed by atoms with Gasteiger partial charge in [0.15, 0.2) is 6.10 Å². The minimum atomic E-state index is -0.894. The van der Waals surface area contributed by atoms with E-state index in [0.29, 0.717) is 18.1 Å². The van der Waals surface area contributed by atoms with E-state index in [1.807, 2.05) is 0 Å². The molecule has 2 rings (SSSR count). The zero-order valence-electron chi connectivity index (χ0n) is 9.97. The molecule has 17 heavy (non-hydrogen) atoms. The van der Waals surface area contributed by atoms with Crippen LogP contribution in [0.1, 0.15) is 38.5 Å². The summed E-state index contributed by atoms with van der Waals surface area (Å²) in [6.45, 7) is 0. The van der Waals surface area contributed by atoms with Crippen molar-refractivity contribution in [3.05, 3.63) is 0 Å². The lowest BCUT2D eigenvalue weighted by Gasteiger charge is -2.13. The van der Waals surface area contributed by atoms with Crippen LogP contribution in [-0.2, 0) is 20.3 Å². The van der Waals surface area contributed by atoms with E-state index in [1.54, 1.807) is 0 Å². The maximum atomic E-state index is 11.9. The normalized spacial score (nSPS) is 31.8. The Morgan fingerprint density at radius 3 is 2.47 bits per heavy atom. The van der Waals surface area contributed by atoms with Crippen LogP contribution in [0.2, 0.25) is 0 Å². The number of hydrogen-bond donors (Lipinski definition) is 1. The fourth-order valence-electron chi connectivity index (χ4n) is 2.73. The molecule has 1 saturated heterocycles. The molecule has 1 aliphatic heterocycles. The highest BCUT2D eigenvalue weighted by Gasteiger charge is 2.31. The van der Waals surface area contributed by atoms with Gasteiger partial charge in [0.05, 0.1) is 6.10 Å². The summed E-state index contributed by atoms with van der Waals surface area (Å²) in [6, 6.07) is 0. The first-order valence-corrected chi connectivity index (χ1v) is 7.87. The van der Waals surface area contributed by atoms with E-state index in [4.69, 9.17) is 9.84 Å². The van der Waals surface area contributed by atoms with Crippen LogP contribution in [0.3, 0.4) is 0 Å². The summed E-state index contributed by atoms with van der Waals surface area (Å²) in [7, 11) is -0.846. The predicted molar refractivity (Wildman–Crippen MR) is 65.4 cm³/mol. The van der Waals surface area contributed by atoms with E-state index in [1.165, 1.54) is 25.7 Å². The van der Waals surface area contributed by atoms with Crippen LogP contribution in [0.25, 0.3) is 0 Å². The van der Waals surface area contributed by atoms with Crippen LogP contribution in [0, 0.1) is 5.92 Å². The highest BCUT2D eigenvalue weighted by atomic mass is 32.2. The Balaban J connectivity index is 1.70. The fraction of sp³-hybridized carbons (Fsp3) is 0.917. The van der Waals surface area contributed by atoms with Gasteiger partial charge in [-0.1, -0.05) is 12.8 Å². The first kappa shape index (κ1) is 13.0. The Morgan fingerprint density at radius 1 is 1.18 bits per heavy atom. The van der Waals surface area contributed by atoms with Gasteiger partial charge in [0.1, 0.15) is 0 Å². The van der Waals surface area contributed by atoms with Gasteiger partial charge >= 0.3 is 5.97 Å². The van der Waals surface area contributed by atoms with Crippen molar-refractivity contribution in [2.75, 3.05) is 11.5 Å². The van der Waals surface area contributed by atoms with Crippen LogP contribution in [-0.4, -0.2) is 39.0 Å². The molecule has 3 unspecified atom stereocenters. The molecule has 5 heteroatoms. The molecule has 0 amide bonds. The molecular formula is C12H20O4S. The monoisotopic (exact) mass is 260 g/mol. The second-order valence-corrected chi connectivity index (χ2v) is 6.63. The maximum absolute atomic E-state index is 11.9. The largest absolute Gasteiger partial charge is 0.479 e. The van der Waals surface area contributed by atoms with E-state index in [2.05, 4.69) is 0 Å². The van der Waals surface area contributed by atoms with Gasteiger partial charge in [-0.15, -0.1) is 0 Å². The summed E-state index contributed by atoms with van der Waals surface area (Å²) in [5.41, 5.74) is 0. The van der Waals surface area contributed by atoms with Gasteiger partial charge in [-0.2, -0.15) is 0 Å². The van der Waals surface area contributed by atoms with Crippen LogP contribution in [0.4, 0.5) is 0 Å². The van der Waals surface area contributed by atoms with Gasteiger partial charge in [-0.25, -0.2) is 4.79 Å². The van der Waals surface area contributed by atoms with Crippen LogP contribution < -0.4 is 0 Å². The molecule has 1 saturated carbocycles. The number of hydrogen-bond acceptors (Lipinski definition) is 3. The average Bonchev–Trinajstić information content (AvgIpc) is 2.88. The molecule has 2 fully saturated rings. The second kappa shape index (κ2) is 5.96. The molecule has 0 aromatic carbocycles. The topological polar surface area (TPSA) is 63.6 Å². The number of carboxylic acid groups (broad SMARTS) is 1. The van der Waals surface area contributed by atoms with Crippen molar-refractivity contribution in [1.82, 2.24) is 0 Å². The summed E-state index contributed by atoms with van der Waals surface area (Å²) in [6.07, 6.45) is 5.44. The van der Waals surface area contributed by atoms with Gasteiger partial charge in [0.25, 0.3) is 0 Å².